The molecule has 0 aromatic carbocycles. The van der Waals surface area contributed by atoms with E-state index in [0.29, 0.717) is 0 Å². The van der Waals surface area contributed by atoms with E-state index in [1.807, 2.05) is 19.3 Å². The van der Waals surface area contributed by atoms with Crippen LogP contribution in [0.2, 0.25) is 0 Å². The molecule has 0 bridgehead atoms. The second-order valence-corrected chi connectivity index (χ2v) is 3.42. The fourth-order valence-electron chi connectivity index (χ4n) is 1.35. The van der Waals surface area contributed by atoms with E-state index in [0.717, 1.165) is 31.6 Å². The van der Waals surface area contributed by atoms with Gasteiger partial charge in [0.15, 0.2) is 0 Å². The van der Waals surface area contributed by atoms with Crippen LogP contribution < -0.4 is 0 Å². The van der Waals surface area contributed by atoms with Crippen molar-refractivity contribution in [2.75, 3.05) is 0 Å². The van der Waals surface area contributed by atoms with E-state index in [-0.39, 0.29) is 6.10 Å². The molecule has 0 saturated heterocycles. The van der Waals surface area contributed by atoms with Gasteiger partial charge in [-0.15, -0.1) is 0 Å². The molecule has 1 unspecified atom stereocenters. The Hall–Kier alpha value is -0.830. The third-order valence-corrected chi connectivity index (χ3v) is 2.05. The third-order valence-electron chi connectivity index (χ3n) is 2.05. The Morgan fingerprint density at radius 2 is 2.38 bits per heavy atom. The van der Waals surface area contributed by atoms with Crippen molar-refractivity contribution in [2.45, 2.75) is 45.8 Å². The Morgan fingerprint density at radius 3 is 3.00 bits per heavy atom. The molecule has 0 fully saturated rings. The van der Waals surface area contributed by atoms with Crippen molar-refractivity contribution in [3.63, 3.8) is 0 Å². The monoisotopic (exact) mass is 182 g/mol. The lowest BCUT2D eigenvalue weighted by Gasteiger charge is -2.06. The summed E-state index contributed by atoms with van der Waals surface area (Å²) in [5, 5.41) is 9.13. The molecule has 1 aromatic rings. The average molecular weight is 182 g/mol. The lowest BCUT2D eigenvalue weighted by Crippen LogP contribution is -2.07. The van der Waals surface area contributed by atoms with E-state index in [1.165, 1.54) is 0 Å². The van der Waals surface area contributed by atoms with Gasteiger partial charge in [0.1, 0.15) is 5.82 Å². The quantitative estimate of drug-likeness (QED) is 0.751. The standard InChI is InChI=1S/C10H18N2O/c1-3-7-12-8-6-11-10(12)5-4-9(2)13/h6,8-9,13H,3-5,7H2,1-2H3. The number of aliphatic hydroxyl groups excluding tert-OH is 1. The Bertz CT molecular complexity index is 243. The molecule has 13 heavy (non-hydrogen) atoms. The first-order chi connectivity index (χ1) is 6.24. The number of imidazole rings is 1. The molecule has 0 aliphatic carbocycles. The molecule has 1 aromatic heterocycles. The number of nitrogens with zero attached hydrogens (tertiary/aromatic N) is 2. The maximum atomic E-state index is 9.13. The lowest BCUT2D eigenvalue weighted by atomic mass is 10.2. The molecule has 3 heteroatoms. The van der Waals surface area contributed by atoms with Gasteiger partial charge in [-0.25, -0.2) is 4.98 Å². The predicted octanol–water partition coefficient (Wildman–Crippen LogP) is 1.61. The molecule has 1 heterocycles. The van der Waals surface area contributed by atoms with Gasteiger partial charge in [-0.1, -0.05) is 6.92 Å². The Labute approximate surface area is 79.4 Å². The minimum atomic E-state index is -0.230. The molecular weight excluding hydrogens is 164 g/mol. The van der Waals surface area contributed by atoms with Crippen LogP contribution >= 0.6 is 0 Å². The van der Waals surface area contributed by atoms with Crippen LogP contribution in [0, 0.1) is 0 Å². The molecule has 1 atom stereocenters. The van der Waals surface area contributed by atoms with E-state index in [2.05, 4.69) is 16.5 Å². The van der Waals surface area contributed by atoms with E-state index in [4.69, 9.17) is 5.11 Å². The van der Waals surface area contributed by atoms with Gasteiger partial charge in [-0.05, 0) is 19.8 Å². The molecule has 0 saturated carbocycles. The van der Waals surface area contributed by atoms with Crippen LogP contribution in [0.4, 0.5) is 0 Å². The fraction of sp³-hybridized carbons (Fsp3) is 0.700. The summed E-state index contributed by atoms with van der Waals surface area (Å²) < 4.78 is 2.16. The summed E-state index contributed by atoms with van der Waals surface area (Å²) in [6.07, 6.45) is 6.38. The largest absolute Gasteiger partial charge is 0.393 e. The van der Waals surface area contributed by atoms with Crippen LogP contribution in [0.25, 0.3) is 0 Å². The summed E-state index contributed by atoms with van der Waals surface area (Å²) >= 11 is 0. The van der Waals surface area contributed by atoms with Crippen molar-refractivity contribution < 1.29 is 5.11 Å². The van der Waals surface area contributed by atoms with Gasteiger partial charge in [0, 0.05) is 25.4 Å². The van der Waals surface area contributed by atoms with Crippen molar-refractivity contribution in [1.29, 1.82) is 0 Å². The van der Waals surface area contributed by atoms with E-state index in [1.54, 1.807) is 0 Å². The second-order valence-electron chi connectivity index (χ2n) is 3.42. The smallest absolute Gasteiger partial charge is 0.108 e. The molecule has 1 rings (SSSR count). The zero-order valence-electron chi connectivity index (χ0n) is 8.40. The molecular formula is C10H18N2O. The number of rotatable bonds is 5. The zero-order chi connectivity index (χ0) is 9.68. The van der Waals surface area contributed by atoms with Gasteiger partial charge in [0.25, 0.3) is 0 Å². The molecule has 0 aliphatic rings. The highest BCUT2D eigenvalue weighted by molar-refractivity contribution is 4.92. The summed E-state index contributed by atoms with van der Waals surface area (Å²) in [6, 6.07) is 0. The molecule has 0 radical (unpaired) electrons. The molecule has 0 spiro atoms. The Morgan fingerprint density at radius 1 is 1.62 bits per heavy atom. The number of aromatic nitrogens is 2. The zero-order valence-corrected chi connectivity index (χ0v) is 8.40. The molecule has 1 N–H and O–H groups in total. The van der Waals surface area contributed by atoms with Crippen LogP contribution in [0.15, 0.2) is 12.4 Å². The summed E-state index contributed by atoms with van der Waals surface area (Å²) in [7, 11) is 0. The second kappa shape index (κ2) is 5.02. The molecule has 74 valence electrons. The van der Waals surface area contributed by atoms with Crippen LogP contribution in [0.5, 0.6) is 0 Å². The van der Waals surface area contributed by atoms with Gasteiger partial charge in [0.2, 0.25) is 0 Å². The average Bonchev–Trinajstić information content (AvgIpc) is 2.49. The van der Waals surface area contributed by atoms with Crippen molar-refractivity contribution >= 4 is 0 Å². The first-order valence-electron chi connectivity index (χ1n) is 4.92. The third kappa shape index (κ3) is 3.19. The van der Waals surface area contributed by atoms with Gasteiger partial charge >= 0.3 is 0 Å². The van der Waals surface area contributed by atoms with Gasteiger partial charge in [-0.3, -0.25) is 0 Å². The van der Waals surface area contributed by atoms with Crippen molar-refractivity contribution in [1.82, 2.24) is 9.55 Å². The number of aliphatic hydroxyl groups is 1. The summed E-state index contributed by atoms with van der Waals surface area (Å²) in [5.41, 5.74) is 0. The summed E-state index contributed by atoms with van der Waals surface area (Å²) in [6.45, 7) is 4.99. The number of hydrogen-bond acceptors (Lipinski definition) is 2. The highest BCUT2D eigenvalue weighted by Gasteiger charge is 2.03. The lowest BCUT2D eigenvalue weighted by molar-refractivity contribution is 0.183. The van der Waals surface area contributed by atoms with Crippen LogP contribution in [-0.4, -0.2) is 20.8 Å². The first-order valence-corrected chi connectivity index (χ1v) is 4.92. The number of hydrogen-bond donors (Lipinski definition) is 1. The summed E-state index contributed by atoms with van der Waals surface area (Å²) in [4.78, 5) is 4.26. The first kappa shape index (κ1) is 10.3. The Balaban J connectivity index is 2.49. The SMILES string of the molecule is CCCn1ccnc1CCC(C)O. The summed E-state index contributed by atoms with van der Waals surface area (Å²) in [5.74, 6) is 1.09. The van der Waals surface area contributed by atoms with E-state index >= 15 is 0 Å². The van der Waals surface area contributed by atoms with E-state index < -0.39 is 0 Å². The van der Waals surface area contributed by atoms with Crippen molar-refractivity contribution in [3.8, 4) is 0 Å². The fourth-order valence-corrected chi connectivity index (χ4v) is 1.35. The van der Waals surface area contributed by atoms with Crippen molar-refractivity contribution in [2.24, 2.45) is 0 Å². The highest BCUT2D eigenvalue weighted by Crippen LogP contribution is 2.04. The van der Waals surface area contributed by atoms with Crippen LogP contribution in [-0.2, 0) is 13.0 Å². The topological polar surface area (TPSA) is 38.0 Å². The van der Waals surface area contributed by atoms with Gasteiger partial charge in [-0.2, -0.15) is 0 Å². The highest BCUT2D eigenvalue weighted by atomic mass is 16.3. The van der Waals surface area contributed by atoms with Crippen molar-refractivity contribution in [3.05, 3.63) is 18.2 Å². The molecule has 0 amide bonds. The van der Waals surface area contributed by atoms with Crippen LogP contribution in [0.1, 0.15) is 32.5 Å². The number of aryl methyl sites for hydroxylation is 2. The van der Waals surface area contributed by atoms with Crippen LogP contribution in [0.3, 0.4) is 0 Å². The predicted molar refractivity (Wildman–Crippen MR) is 52.5 cm³/mol. The molecule has 0 aliphatic heterocycles. The van der Waals surface area contributed by atoms with Gasteiger partial charge < -0.3 is 9.67 Å². The maximum Gasteiger partial charge on any atom is 0.108 e. The minimum absolute atomic E-state index is 0.230. The molecule has 3 nitrogen and oxygen atoms in total. The normalized spacial score (nSPS) is 13.2. The van der Waals surface area contributed by atoms with E-state index in [9.17, 15) is 0 Å². The maximum absolute atomic E-state index is 9.13. The Kier molecular flexibility index (Phi) is 3.96. The van der Waals surface area contributed by atoms with Gasteiger partial charge in [0.05, 0.1) is 6.10 Å². The minimum Gasteiger partial charge on any atom is -0.393 e.